The summed E-state index contributed by atoms with van der Waals surface area (Å²) in [5, 5.41) is 8.34. The second kappa shape index (κ2) is 4.99. The lowest BCUT2D eigenvalue weighted by molar-refractivity contribution is -0.137. The van der Waals surface area contributed by atoms with E-state index in [0.29, 0.717) is 5.69 Å². The maximum Gasteiger partial charge on any atom is 0.340 e. The van der Waals surface area contributed by atoms with Gasteiger partial charge in [-0.1, -0.05) is 12.1 Å². The van der Waals surface area contributed by atoms with Crippen molar-refractivity contribution in [1.29, 1.82) is 0 Å². The molecule has 15 heavy (non-hydrogen) atoms. The molecular weight excluding hydrogens is 198 g/mol. The number of nitrogens with two attached hydrogens (primary N) is 1. The lowest BCUT2D eigenvalue weighted by Crippen LogP contribution is -2.11. The van der Waals surface area contributed by atoms with Crippen molar-refractivity contribution in [3.05, 3.63) is 29.8 Å². The molecule has 5 nitrogen and oxygen atoms in total. The first-order valence-corrected chi connectivity index (χ1v) is 4.34. The van der Waals surface area contributed by atoms with Gasteiger partial charge < -0.3 is 15.6 Å². The minimum absolute atomic E-state index is 0.150. The van der Waals surface area contributed by atoms with Gasteiger partial charge in [-0.25, -0.2) is 4.79 Å². The highest BCUT2D eigenvalue weighted by Crippen LogP contribution is 2.11. The van der Waals surface area contributed by atoms with E-state index in [4.69, 9.17) is 15.6 Å². The van der Waals surface area contributed by atoms with Gasteiger partial charge in [-0.05, 0) is 12.1 Å². The minimum Gasteiger partial charge on any atom is -0.481 e. The molecule has 1 aromatic carbocycles. The van der Waals surface area contributed by atoms with E-state index in [-0.39, 0.29) is 18.6 Å². The van der Waals surface area contributed by atoms with Crippen molar-refractivity contribution >= 4 is 17.6 Å². The van der Waals surface area contributed by atoms with Crippen LogP contribution in [-0.2, 0) is 9.53 Å². The molecule has 1 rings (SSSR count). The first-order chi connectivity index (χ1) is 7.11. The van der Waals surface area contributed by atoms with Crippen molar-refractivity contribution in [3.8, 4) is 0 Å². The molecule has 0 aliphatic carbocycles. The summed E-state index contributed by atoms with van der Waals surface area (Å²) in [5.41, 5.74) is 6.11. The molecule has 0 aromatic heterocycles. The zero-order valence-corrected chi connectivity index (χ0v) is 7.97. The van der Waals surface area contributed by atoms with Crippen LogP contribution in [0.3, 0.4) is 0 Å². The number of ether oxygens (including phenoxy) is 1. The molecular formula is C10H11NO4. The summed E-state index contributed by atoms with van der Waals surface area (Å²) >= 11 is 0. The van der Waals surface area contributed by atoms with E-state index in [1.54, 1.807) is 18.2 Å². The average molecular weight is 209 g/mol. The van der Waals surface area contributed by atoms with Gasteiger partial charge >= 0.3 is 11.9 Å². The van der Waals surface area contributed by atoms with Gasteiger partial charge in [-0.15, -0.1) is 0 Å². The van der Waals surface area contributed by atoms with Gasteiger partial charge in [0.05, 0.1) is 12.0 Å². The smallest absolute Gasteiger partial charge is 0.340 e. The summed E-state index contributed by atoms with van der Waals surface area (Å²) in [6, 6.07) is 6.46. The predicted octanol–water partition coefficient (Wildman–Crippen LogP) is 0.900. The standard InChI is InChI=1S/C10H11NO4/c11-8-4-2-1-3-7(8)10(14)15-6-5-9(12)13/h1-4H,5-6,11H2,(H,12,13). The molecule has 0 aliphatic heterocycles. The van der Waals surface area contributed by atoms with Crippen molar-refractivity contribution < 1.29 is 19.4 Å². The Morgan fingerprint density at radius 2 is 2.00 bits per heavy atom. The SMILES string of the molecule is Nc1ccccc1C(=O)OCCC(=O)O. The normalized spacial score (nSPS) is 9.60. The molecule has 0 saturated carbocycles. The molecule has 0 aliphatic rings. The third-order valence-electron chi connectivity index (χ3n) is 1.73. The van der Waals surface area contributed by atoms with E-state index in [2.05, 4.69) is 0 Å². The fourth-order valence-electron chi connectivity index (χ4n) is 0.992. The van der Waals surface area contributed by atoms with Crippen molar-refractivity contribution in [3.63, 3.8) is 0 Å². The van der Waals surface area contributed by atoms with Crippen molar-refractivity contribution in [2.24, 2.45) is 0 Å². The Kier molecular flexibility index (Phi) is 3.68. The Bertz CT molecular complexity index is 375. The third-order valence-corrected chi connectivity index (χ3v) is 1.73. The molecule has 0 saturated heterocycles. The third kappa shape index (κ3) is 3.30. The van der Waals surface area contributed by atoms with Gasteiger partial charge in [0.25, 0.3) is 0 Å². The van der Waals surface area contributed by atoms with Gasteiger partial charge in [-0.3, -0.25) is 4.79 Å². The zero-order chi connectivity index (χ0) is 11.3. The summed E-state index contributed by atoms with van der Waals surface area (Å²) in [5.74, 6) is -1.61. The molecule has 3 N–H and O–H groups in total. The Morgan fingerprint density at radius 3 is 2.60 bits per heavy atom. The molecule has 0 spiro atoms. The number of carboxylic acids is 1. The van der Waals surface area contributed by atoms with E-state index in [9.17, 15) is 9.59 Å². The Balaban J connectivity index is 2.54. The zero-order valence-electron chi connectivity index (χ0n) is 7.97. The average Bonchev–Trinajstić information content (AvgIpc) is 2.17. The summed E-state index contributed by atoms with van der Waals surface area (Å²) in [6.07, 6.45) is -0.210. The monoisotopic (exact) mass is 209 g/mol. The first-order valence-electron chi connectivity index (χ1n) is 4.34. The van der Waals surface area contributed by atoms with Gasteiger partial charge in [0.1, 0.15) is 6.61 Å². The summed E-state index contributed by atoms with van der Waals surface area (Å²) in [4.78, 5) is 21.5. The van der Waals surface area contributed by atoms with Crippen molar-refractivity contribution in [1.82, 2.24) is 0 Å². The fourth-order valence-corrected chi connectivity index (χ4v) is 0.992. The van der Waals surface area contributed by atoms with Crippen LogP contribution >= 0.6 is 0 Å². The number of hydrogen-bond donors (Lipinski definition) is 2. The topological polar surface area (TPSA) is 89.6 Å². The number of carbonyl (C=O) groups is 2. The number of aliphatic carboxylic acids is 1. The lowest BCUT2D eigenvalue weighted by Gasteiger charge is -2.04. The second-order valence-corrected chi connectivity index (χ2v) is 2.87. The maximum absolute atomic E-state index is 11.4. The van der Waals surface area contributed by atoms with Gasteiger partial charge in [0.15, 0.2) is 0 Å². The Hall–Kier alpha value is -2.04. The molecule has 0 heterocycles. The molecule has 80 valence electrons. The Labute approximate surface area is 86.5 Å². The number of anilines is 1. The molecule has 0 unspecified atom stereocenters. The highest BCUT2D eigenvalue weighted by Gasteiger charge is 2.10. The number of nitrogen functional groups attached to an aromatic ring is 1. The molecule has 0 amide bonds. The molecule has 1 aromatic rings. The van der Waals surface area contributed by atoms with Crippen LogP contribution in [0.5, 0.6) is 0 Å². The minimum atomic E-state index is -1.01. The summed E-state index contributed by atoms with van der Waals surface area (Å²) in [7, 11) is 0. The summed E-state index contributed by atoms with van der Waals surface area (Å²) in [6.45, 7) is -0.150. The highest BCUT2D eigenvalue weighted by molar-refractivity contribution is 5.95. The quantitative estimate of drug-likeness (QED) is 0.568. The highest BCUT2D eigenvalue weighted by atomic mass is 16.5. The Morgan fingerprint density at radius 1 is 1.33 bits per heavy atom. The number of carboxylic acid groups (broad SMARTS) is 1. The van der Waals surface area contributed by atoms with Crippen LogP contribution in [0.15, 0.2) is 24.3 Å². The summed E-state index contributed by atoms with van der Waals surface area (Å²) < 4.78 is 4.72. The van der Waals surface area contributed by atoms with E-state index in [1.807, 2.05) is 0 Å². The van der Waals surface area contributed by atoms with Crippen LogP contribution in [0.25, 0.3) is 0 Å². The number of rotatable bonds is 4. The van der Waals surface area contributed by atoms with E-state index in [0.717, 1.165) is 0 Å². The largest absolute Gasteiger partial charge is 0.481 e. The van der Waals surface area contributed by atoms with Gasteiger partial charge in [0.2, 0.25) is 0 Å². The number of para-hydroxylation sites is 1. The van der Waals surface area contributed by atoms with Crippen LogP contribution in [0, 0.1) is 0 Å². The van der Waals surface area contributed by atoms with E-state index < -0.39 is 11.9 Å². The maximum atomic E-state index is 11.4. The number of hydrogen-bond acceptors (Lipinski definition) is 4. The van der Waals surface area contributed by atoms with Gasteiger partial charge in [-0.2, -0.15) is 0 Å². The fraction of sp³-hybridized carbons (Fsp3) is 0.200. The van der Waals surface area contributed by atoms with Crippen LogP contribution in [-0.4, -0.2) is 23.7 Å². The van der Waals surface area contributed by atoms with Crippen molar-refractivity contribution in [2.75, 3.05) is 12.3 Å². The van der Waals surface area contributed by atoms with Crippen LogP contribution in [0.1, 0.15) is 16.8 Å². The van der Waals surface area contributed by atoms with Crippen molar-refractivity contribution in [2.45, 2.75) is 6.42 Å². The van der Waals surface area contributed by atoms with E-state index in [1.165, 1.54) is 6.07 Å². The van der Waals surface area contributed by atoms with Crippen LogP contribution in [0.4, 0.5) is 5.69 Å². The number of benzene rings is 1. The number of esters is 1. The van der Waals surface area contributed by atoms with Crippen LogP contribution in [0.2, 0.25) is 0 Å². The molecule has 0 radical (unpaired) electrons. The molecule has 0 atom stereocenters. The van der Waals surface area contributed by atoms with Crippen LogP contribution < -0.4 is 5.73 Å². The molecule has 5 heteroatoms. The molecule has 0 fully saturated rings. The van der Waals surface area contributed by atoms with E-state index >= 15 is 0 Å². The van der Waals surface area contributed by atoms with Gasteiger partial charge in [0, 0.05) is 5.69 Å². The molecule has 0 bridgehead atoms. The predicted molar refractivity (Wildman–Crippen MR) is 53.4 cm³/mol. The second-order valence-electron chi connectivity index (χ2n) is 2.87. The lowest BCUT2D eigenvalue weighted by atomic mass is 10.2. The number of carbonyl (C=O) groups excluding carboxylic acids is 1. The first kappa shape index (κ1) is 11.0.